The number of rotatable bonds is 6. The molecule has 0 atom stereocenters. The molecule has 0 bridgehead atoms. The monoisotopic (exact) mass is 679 g/mol. The maximum absolute atomic E-state index is 2.43. The summed E-state index contributed by atoms with van der Waals surface area (Å²) >= 11 is 1.86. The van der Waals surface area contributed by atoms with E-state index in [9.17, 15) is 0 Å². The molecule has 244 valence electrons. The number of anilines is 3. The Morgan fingerprint density at radius 1 is 0.308 bits per heavy atom. The lowest BCUT2D eigenvalue weighted by Crippen LogP contribution is -2.11. The minimum atomic E-state index is 1.12. The fourth-order valence-electron chi connectivity index (χ4n) is 7.61. The van der Waals surface area contributed by atoms with Crippen LogP contribution >= 0.6 is 11.3 Å². The van der Waals surface area contributed by atoms with E-state index in [0.29, 0.717) is 0 Å². The fraction of sp³-hybridized carbons (Fsp3) is 0. The smallest absolute Gasteiger partial charge is 0.0540 e. The van der Waals surface area contributed by atoms with Gasteiger partial charge in [-0.25, -0.2) is 0 Å². The number of fused-ring (bicyclic) bond motifs is 5. The van der Waals surface area contributed by atoms with Crippen LogP contribution in [0, 0.1) is 0 Å². The zero-order valence-electron chi connectivity index (χ0n) is 28.4. The number of hydrogen-bond donors (Lipinski definition) is 0. The molecule has 0 N–H and O–H groups in total. The molecule has 0 aliphatic heterocycles. The highest BCUT2D eigenvalue weighted by Gasteiger charge is 2.19. The third-order valence-corrected chi connectivity index (χ3v) is 11.4. The van der Waals surface area contributed by atoms with Crippen LogP contribution in [0.5, 0.6) is 0 Å². The first-order valence-corrected chi connectivity index (χ1v) is 18.6. The summed E-state index contributed by atoms with van der Waals surface area (Å²) in [5.41, 5.74) is 10.6. The van der Waals surface area contributed by atoms with Crippen molar-refractivity contribution in [3.05, 3.63) is 200 Å². The molecule has 10 aromatic rings. The molecule has 52 heavy (non-hydrogen) atoms. The number of hydrogen-bond acceptors (Lipinski definition) is 2. The summed E-state index contributed by atoms with van der Waals surface area (Å²) in [6, 6.07) is 73.1. The molecule has 1 nitrogen and oxygen atoms in total. The van der Waals surface area contributed by atoms with Crippen molar-refractivity contribution in [3.8, 4) is 33.4 Å². The first-order valence-electron chi connectivity index (χ1n) is 17.7. The van der Waals surface area contributed by atoms with Gasteiger partial charge in [0.05, 0.1) is 5.69 Å². The van der Waals surface area contributed by atoms with Gasteiger partial charge in [-0.05, 0) is 110 Å². The van der Waals surface area contributed by atoms with Gasteiger partial charge in [-0.3, -0.25) is 0 Å². The molecule has 0 unspecified atom stereocenters. The summed E-state index contributed by atoms with van der Waals surface area (Å²) in [7, 11) is 0. The van der Waals surface area contributed by atoms with Gasteiger partial charge in [0.25, 0.3) is 0 Å². The van der Waals surface area contributed by atoms with Crippen LogP contribution in [0.4, 0.5) is 17.1 Å². The number of para-hydroxylation sites is 1. The van der Waals surface area contributed by atoms with Gasteiger partial charge in [-0.1, -0.05) is 140 Å². The molecule has 0 spiro atoms. The number of benzene rings is 9. The number of nitrogens with zero attached hydrogens (tertiary/aromatic N) is 1. The Hall–Kier alpha value is -6.48. The van der Waals surface area contributed by atoms with Crippen molar-refractivity contribution in [1.82, 2.24) is 0 Å². The summed E-state index contributed by atoms with van der Waals surface area (Å²) in [6.07, 6.45) is 0. The lowest BCUT2D eigenvalue weighted by atomic mass is 9.96. The molecule has 0 saturated carbocycles. The van der Waals surface area contributed by atoms with Crippen LogP contribution in [0.1, 0.15) is 0 Å². The van der Waals surface area contributed by atoms with E-state index >= 15 is 0 Å². The average molecular weight is 680 g/mol. The molecular formula is C50H33NS. The molecule has 1 heterocycles. The third-order valence-electron chi connectivity index (χ3n) is 10.2. The van der Waals surface area contributed by atoms with Crippen molar-refractivity contribution in [2.45, 2.75) is 0 Å². The average Bonchev–Trinajstić information content (AvgIpc) is 3.59. The van der Waals surface area contributed by atoms with Crippen LogP contribution in [0.2, 0.25) is 0 Å². The van der Waals surface area contributed by atoms with Crippen molar-refractivity contribution < 1.29 is 0 Å². The van der Waals surface area contributed by atoms with E-state index in [1.54, 1.807) is 0 Å². The van der Waals surface area contributed by atoms with Gasteiger partial charge in [0, 0.05) is 37.1 Å². The van der Waals surface area contributed by atoms with E-state index in [0.717, 1.165) is 17.1 Å². The van der Waals surface area contributed by atoms with Crippen LogP contribution in [-0.2, 0) is 0 Å². The topological polar surface area (TPSA) is 3.24 Å². The molecule has 0 radical (unpaired) electrons. The van der Waals surface area contributed by atoms with E-state index in [-0.39, 0.29) is 0 Å². The maximum atomic E-state index is 2.43. The largest absolute Gasteiger partial charge is 0.310 e. The third kappa shape index (κ3) is 5.42. The molecular weight excluding hydrogens is 647 g/mol. The van der Waals surface area contributed by atoms with E-state index in [4.69, 9.17) is 0 Å². The molecule has 9 aromatic carbocycles. The Morgan fingerprint density at radius 3 is 1.65 bits per heavy atom. The summed E-state index contributed by atoms with van der Waals surface area (Å²) < 4.78 is 2.61. The fourth-order valence-corrected chi connectivity index (χ4v) is 8.70. The van der Waals surface area contributed by atoms with Gasteiger partial charge >= 0.3 is 0 Å². The standard InChI is InChI=1S/C50H33NS/c1-2-12-35(13-3-1)45-17-6-8-19-48(45)51(44-27-28-50-47(33-44)46-18-7-9-20-49(46)52-50)43-16-10-15-37(32-43)38-23-24-42-31-41(26-25-40(42)30-38)39-22-21-34-11-4-5-14-36(34)29-39/h1-33H. The molecule has 0 saturated heterocycles. The highest BCUT2D eigenvalue weighted by Crippen LogP contribution is 2.44. The number of thiophene rings is 1. The lowest BCUT2D eigenvalue weighted by Gasteiger charge is -2.28. The predicted octanol–water partition coefficient (Wildman–Crippen LogP) is 14.8. The Bertz CT molecular complexity index is 2920. The van der Waals surface area contributed by atoms with Crippen molar-refractivity contribution >= 4 is 70.1 Å². The van der Waals surface area contributed by atoms with Gasteiger partial charge in [-0.15, -0.1) is 11.3 Å². The first-order chi connectivity index (χ1) is 25.7. The zero-order chi connectivity index (χ0) is 34.4. The zero-order valence-corrected chi connectivity index (χ0v) is 29.2. The van der Waals surface area contributed by atoms with Crippen LogP contribution in [-0.4, -0.2) is 0 Å². The maximum Gasteiger partial charge on any atom is 0.0540 e. The second kappa shape index (κ2) is 12.7. The Balaban J connectivity index is 1.08. The summed E-state index contributed by atoms with van der Waals surface area (Å²) in [5, 5.41) is 7.58. The lowest BCUT2D eigenvalue weighted by molar-refractivity contribution is 1.29. The molecule has 0 fully saturated rings. The highest BCUT2D eigenvalue weighted by atomic mass is 32.1. The minimum absolute atomic E-state index is 1.12. The van der Waals surface area contributed by atoms with Gasteiger partial charge in [0.1, 0.15) is 0 Å². The molecule has 10 rings (SSSR count). The SMILES string of the molecule is c1ccc(-c2ccccc2N(c2cccc(-c3ccc4cc(-c5ccc6ccccc6c5)ccc4c3)c2)c2ccc3sc4ccccc4c3c2)cc1. The van der Waals surface area contributed by atoms with Crippen LogP contribution in [0.15, 0.2) is 200 Å². The van der Waals surface area contributed by atoms with Crippen molar-refractivity contribution in [2.75, 3.05) is 4.90 Å². The highest BCUT2D eigenvalue weighted by molar-refractivity contribution is 7.25. The van der Waals surface area contributed by atoms with Crippen LogP contribution < -0.4 is 4.90 Å². The molecule has 0 aliphatic rings. The Morgan fingerprint density at radius 2 is 0.865 bits per heavy atom. The van der Waals surface area contributed by atoms with Crippen LogP contribution in [0.25, 0.3) is 75.1 Å². The quantitative estimate of drug-likeness (QED) is 0.169. The van der Waals surface area contributed by atoms with E-state index in [2.05, 4.69) is 205 Å². The van der Waals surface area contributed by atoms with Crippen LogP contribution in [0.3, 0.4) is 0 Å². The normalized spacial score (nSPS) is 11.5. The van der Waals surface area contributed by atoms with Crippen molar-refractivity contribution in [2.24, 2.45) is 0 Å². The summed E-state index contributed by atoms with van der Waals surface area (Å²) in [6.45, 7) is 0. The Kier molecular flexibility index (Phi) is 7.41. The first kappa shape index (κ1) is 30.4. The summed E-state index contributed by atoms with van der Waals surface area (Å²) in [4.78, 5) is 2.43. The second-order valence-electron chi connectivity index (χ2n) is 13.4. The van der Waals surface area contributed by atoms with Gasteiger partial charge in [-0.2, -0.15) is 0 Å². The minimum Gasteiger partial charge on any atom is -0.310 e. The van der Waals surface area contributed by atoms with E-state index < -0.39 is 0 Å². The van der Waals surface area contributed by atoms with E-state index in [1.807, 2.05) is 11.3 Å². The predicted molar refractivity (Wildman–Crippen MR) is 225 cm³/mol. The van der Waals surface area contributed by atoms with Gasteiger partial charge in [0.2, 0.25) is 0 Å². The summed E-state index contributed by atoms with van der Waals surface area (Å²) in [5.74, 6) is 0. The molecule has 0 amide bonds. The van der Waals surface area contributed by atoms with E-state index in [1.165, 1.54) is 75.1 Å². The molecule has 0 aliphatic carbocycles. The van der Waals surface area contributed by atoms with Crippen molar-refractivity contribution in [1.29, 1.82) is 0 Å². The van der Waals surface area contributed by atoms with Gasteiger partial charge < -0.3 is 4.90 Å². The Labute approximate surface area is 307 Å². The molecule has 2 heteroatoms. The second-order valence-corrected chi connectivity index (χ2v) is 14.5. The van der Waals surface area contributed by atoms with Crippen molar-refractivity contribution in [3.63, 3.8) is 0 Å². The molecule has 1 aromatic heterocycles. The van der Waals surface area contributed by atoms with Gasteiger partial charge in [0.15, 0.2) is 0 Å².